The molecule has 0 spiro atoms. The number of alkyl halides is 2. The second kappa shape index (κ2) is 6.76. The summed E-state index contributed by atoms with van der Waals surface area (Å²) in [4.78, 5) is 0. The first-order chi connectivity index (χ1) is 6.59. The van der Waals surface area contributed by atoms with Crippen LogP contribution in [0, 0.1) is 6.92 Å². The van der Waals surface area contributed by atoms with E-state index in [1.807, 2.05) is 13.8 Å². The van der Waals surface area contributed by atoms with Crippen LogP contribution in [-0.4, -0.2) is 6.61 Å². The maximum Gasteiger partial charge on any atom is 0.387 e. The molecule has 0 saturated carbocycles. The van der Waals surface area contributed by atoms with E-state index in [1.165, 1.54) is 6.07 Å². The maximum atomic E-state index is 11.8. The largest absolute Gasteiger partial charge is 0.435 e. The van der Waals surface area contributed by atoms with Gasteiger partial charge in [0.1, 0.15) is 5.75 Å². The van der Waals surface area contributed by atoms with Gasteiger partial charge in [-0.15, -0.1) is 0 Å². The van der Waals surface area contributed by atoms with Crippen LogP contribution in [0.5, 0.6) is 5.75 Å². The maximum absolute atomic E-state index is 11.8. The second-order valence-corrected chi connectivity index (χ2v) is 3.20. The molecule has 0 aliphatic heterocycles. The Bertz CT molecular complexity index is 277. The molecule has 0 fully saturated rings. The Morgan fingerprint density at radius 1 is 1.29 bits per heavy atom. The van der Waals surface area contributed by atoms with Gasteiger partial charge < -0.3 is 4.74 Å². The molecule has 0 bridgehead atoms. The SMILES string of the molecule is CC.Cc1cc(Br)ccc1OC(F)F. The number of hydrogen-bond acceptors (Lipinski definition) is 1. The van der Waals surface area contributed by atoms with Crippen LogP contribution in [0.1, 0.15) is 19.4 Å². The first-order valence-electron chi connectivity index (χ1n) is 4.30. The summed E-state index contributed by atoms with van der Waals surface area (Å²) in [6.07, 6.45) is 0. The van der Waals surface area contributed by atoms with Crippen LogP contribution in [0.4, 0.5) is 8.78 Å². The fraction of sp³-hybridized carbons (Fsp3) is 0.400. The molecule has 0 aliphatic carbocycles. The standard InChI is InChI=1S/C8H7BrF2O.C2H6/c1-5-4-6(9)2-3-7(5)12-8(10)11;1-2/h2-4,8H,1H3;1-2H3. The summed E-state index contributed by atoms with van der Waals surface area (Å²) in [5.41, 5.74) is 0.685. The van der Waals surface area contributed by atoms with E-state index in [1.54, 1.807) is 19.1 Å². The van der Waals surface area contributed by atoms with Crippen molar-refractivity contribution in [1.29, 1.82) is 0 Å². The van der Waals surface area contributed by atoms with Gasteiger partial charge in [-0.05, 0) is 30.7 Å². The number of hydrogen-bond donors (Lipinski definition) is 0. The zero-order valence-electron chi connectivity index (χ0n) is 8.35. The molecule has 4 heteroatoms. The molecule has 0 N–H and O–H groups in total. The number of benzene rings is 1. The van der Waals surface area contributed by atoms with Gasteiger partial charge in [-0.2, -0.15) is 8.78 Å². The summed E-state index contributed by atoms with van der Waals surface area (Å²) in [5, 5.41) is 0. The zero-order chi connectivity index (χ0) is 11.1. The Hall–Kier alpha value is -0.640. The highest BCUT2D eigenvalue weighted by atomic mass is 79.9. The monoisotopic (exact) mass is 266 g/mol. The molecule has 0 saturated heterocycles. The van der Waals surface area contributed by atoms with Crippen LogP contribution in [0.3, 0.4) is 0 Å². The minimum Gasteiger partial charge on any atom is -0.435 e. The minimum atomic E-state index is -2.76. The van der Waals surface area contributed by atoms with Crippen LogP contribution in [0.2, 0.25) is 0 Å². The predicted octanol–water partition coefficient (Wildman–Crippen LogP) is 4.39. The first kappa shape index (κ1) is 13.4. The van der Waals surface area contributed by atoms with Crippen molar-refractivity contribution in [2.75, 3.05) is 0 Å². The van der Waals surface area contributed by atoms with E-state index in [0.29, 0.717) is 5.56 Å². The summed E-state index contributed by atoms with van der Waals surface area (Å²) in [6.45, 7) is 2.95. The van der Waals surface area contributed by atoms with Gasteiger partial charge in [0.05, 0.1) is 0 Å². The molecular formula is C10H13BrF2O. The fourth-order valence-electron chi connectivity index (χ4n) is 0.841. The van der Waals surface area contributed by atoms with Crippen LogP contribution in [0.15, 0.2) is 22.7 Å². The molecule has 0 radical (unpaired) electrons. The van der Waals surface area contributed by atoms with E-state index < -0.39 is 6.61 Å². The van der Waals surface area contributed by atoms with Crippen LogP contribution in [0.25, 0.3) is 0 Å². The van der Waals surface area contributed by atoms with Crippen molar-refractivity contribution in [1.82, 2.24) is 0 Å². The van der Waals surface area contributed by atoms with E-state index in [2.05, 4.69) is 20.7 Å². The Labute approximate surface area is 91.2 Å². The Balaban J connectivity index is 0.000000791. The summed E-state index contributed by atoms with van der Waals surface area (Å²) in [7, 11) is 0. The number of ether oxygens (including phenoxy) is 1. The molecule has 1 aromatic carbocycles. The van der Waals surface area contributed by atoms with Crippen molar-refractivity contribution in [2.24, 2.45) is 0 Å². The third-order valence-corrected chi connectivity index (χ3v) is 1.85. The molecule has 0 aliphatic rings. The highest BCUT2D eigenvalue weighted by Crippen LogP contribution is 2.23. The highest BCUT2D eigenvalue weighted by Gasteiger charge is 2.06. The fourth-order valence-corrected chi connectivity index (χ4v) is 1.32. The van der Waals surface area contributed by atoms with Gasteiger partial charge in [0.15, 0.2) is 0 Å². The molecule has 0 amide bonds. The summed E-state index contributed by atoms with van der Waals surface area (Å²) < 4.78 is 28.6. The van der Waals surface area contributed by atoms with Gasteiger partial charge in [0.2, 0.25) is 0 Å². The van der Waals surface area contributed by atoms with Crippen molar-refractivity contribution in [3.8, 4) is 5.75 Å². The summed E-state index contributed by atoms with van der Waals surface area (Å²) in [5.74, 6) is 0.216. The lowest BCUT2D eigenvalue weighted by atomic mass is 10.2. The molecule has 0 unspecified atom stereocenters. The topological polar surface area (TPSA) is 9.23 Å². The van der Waals surface area contributed by atoms with Crippen molar-refractivity contribution >= 4 is 15.9 Å². The summed E-state index contributed by atoms with van der Waals surface area (Å²) >= 11 is 3.22. The first-order valence-corrected chi connectivity index (χ1v) is 5.10. The van der Waals surface area contributed by atoms with Crippen LogP contribution < -0.4 is 4.74 Å². The van der Waals surface area contributed by atoms with Gasteiger partial charge in [-0.1, -0.05) is 29.8 Å². The van der Waals surface area contributed by atoms with Crippen LogP contribution >= 0.6 is 15.9 Å². The van der Waals surface area contributed by atoms with Gasteiger partial charge >= 0.3 is 6.61 Å². The van der Waals surface area contributed by atoms with Crippen molar-refractivity contribution < 1.29 is 13.5 Å². The van der Waals surface area contributed by atoms with Crippen molar-refractivity contribution in [3.63, 3.8) is 0 Å². The Kier molecular flexibility index (Phi) is 6.45. The van der Waals surface area contributed by atoms with E-state index in [9.17, 15) is 8.78 Å². The van der Waals surface area contributed by atoms with Crippen molar-refractivity contribution in [2.45, 2.75) is 27.4 Å². The van der Waals surface area contributed by atoms with E-state index in [0.717, 1.165) is 4.47 Å². The van der Waals surface area contributed by atoms with Crippen LogP contribution in [-0.2, 0) is 0 Å². The van der Waals surface area contributed by atoms with E-state index in [4.69, 9.17) is 0 Å². The predicted molar refractivity (Wildman–Crippen MR) is 56.9 cm³/mol. The molecule has 0 aromatic heterocycles. The number of aryl methyl sites for hydroxylation is 1. The molecular weight excluding hydrogens is 254 g/mol. The zero-order valence-corrected chi connectivity index (χ0v) is 9.94. The second-order valence-electron chi connectivity index (χ2n) is 2.29. The molecule has 0 atom stereocenters. The Morgan fingerprint density at radius 3 is 2.29 bits per heavy atom. The average Bonchev–Trinajstić information content (AvgIpc) is 2.13. The molecule has 14 heavy (non-hydrogen) atoms. The molecule has 1 aromatic rings. The molecule has 80 valence electrons. The quantitative estimate of drug-likeness (QED) is 0.772. The lowest BCUT2D eigenvalue weighted by Crippen LogP contribution is -2.02. The number of rotatable bonds is 2. The Morgan fingerprint density at radius 2 is 1.86 bits per heavy atom. The van der Waals surface area contributed by atoms with Gasteiger partial charge in [0.25, 0.3) is 0 Å². The highest BCUT2D eigenvalue weighted by molar-refractivity contribution is 9.10. The minimum absolute atomic E-state index is 0.216. The molecule has 1 nitrogen and oxygen atoms in total. The number of halogens is 3. The lowest BCUT2D eigenvalue weighted by Gasteiger charge is -2.07. The smallest absolute Gasteiger partial charge is 0.387 e. The third kappa shape index (κ3) is 4.56. The normalized spacial score (nSPS) is 9.36. The van der Waals surface area contributed by atoms with Gasteiger partial charge in [-0.3, -0.25) is 0 Å². The van der Waals surface area contributed by atoms with Crippen molar-refractivity contribution in [3.05, 3.63) is 28.2 Å². The van der Waals surface area contributed by atoms with Gasteiger partial charge in [-0.25, -0.2) is 0 Å². The van der Waals surface area contributed by atoms with E-state index >= 15 is 0 Å². The van der Waals surface area contributed by atoms with Gasteiger partial charge in [0, 0.05) is 4.47 Å². The molecule has 0 heterocycles. The average molecular weight is 267 g/mol. The lowest BCUT2D eigenvalue weighted by molar-refractivity contribution is -0.0502. The van der Waals surface area contributed by atoms with E-state index in [-0.39, 0.29) is 5.75 Å². The third-order valence-electron chi connectivity index (χ3n) is 1.35. The summed E-state index contributed by atoms with van der Waals surface area (Å²) in [6, 6.07) is 4.88. The molecule has 1 rings (SSSR count).